The summed E-state index contributed by atoms with van der Waals surface area (Å²) in [5.41, 5.74) is 3.76. The van der Waals surface area contributed by atoms with Gasteiger partial charge in [-0.2, -0.15) is 0 Å². The first-order valence-electron chi connectivity index (χ1n) is 6.58. The van der Waals surface area contributed by atoms with Crippen molar-refractivity contribution in [3.63, 3.8) is 0 Å². The molecule has 2 rings (SSSR count). The smallest absolute Gasteiger partial charge is 0.0674 e. The lowest BCUT2D eigenvalue weighted by Crippen LogP contribution is -2.14. The molecule has 100 valence electrons. The second kappa shape index (κ2) is 6.78. The molecule has 0 aliphatic heterocycles. The molecule has 0 saturated carbocycles. The number of aliphatic hydroxyl groups excluding tert-OH is 1. The zero-order valence-corrected chi connectivity index (χ0v) is 12.3. The number of aryl methyl sites for hydroxylation is 2. The molecule has 0 aliphatic rings. The van der Waals surface area contributed by atoms with Gasteiger partial charge in [-0.3, -0.25) is 0 Å². The Morgan fingerprint density at radius 1 is 0.947 bits per heavy atom. The Bertz CT molecular complexity index is 536. The standard InChI is InChI=1S/C17H20OS/c1-13-7-3-5-9-15(13)11-16(18)12-19-17-10-6-4-8-14(17)2/h3-10,16,18H,11-12H2,1-2H3. The maximum absolute atomic E-state index is 10.2. The average molecular weight is 272 g/mol. The quantitative estimate of drug-likeness (QED) is 0.830. The zero-order chi connectivity index (χ0) is 13.7. The first-order valence-corrected chi connectivity index (χ1v) is 7.56. The van der Waals surface area contributed by atoms with Crippen molar-refractivity contribution in [2.45, 2.75) is 31.3 Å². The number of thioether (sulfide) groups is 1. The molecule has 0 saturated heterocycles. The lowest BCUT2D eigenvalue weighted by Gasteiger charge is -2.13. The average Bonchev–Trinajstić information content (AvgIpc) is 2.40. The van der Waals surface area contributed by atoms with Crippen molar-refractivity contribution in [2.24, 2.45) is 0 Å². The van der Waals surface area contributed by atoms with Gasteiger partial charge in [0.1, 0.15) is 0 Å². The number of aliphatic hydroxyl groups is 1. The highest BCUT2D eigenvalue weighted by Gasteiger charge is 2.08. The summed E-state index contributed by atoms with van der Waals surface area (Å²) < 4.78 is 0. The van der Waals surface area contributed by atoms with Crippen LogP contribution < -0.4 is 0 Å². The van der Waals surface area contributed by atoms with Gasteiger partial charge in [0.05, 0.1) is 6.10 Å². The summed E-state index contributed by atoms with van der Waals surface area (Å²) in [6.45, 7) is 4.20. The largest absolute Gasteiger partial charge is 0.392 e. The Hall–Kier alpha value is -1.25. The van der Waals surface area contributed by atoms with Gasteiger partial charge < -0.3 is 5.11 Å². The Kier molecular flexibility index (Phi) is 5.06. The van der Waals surface area contributed by atoms with Gasteiger partial charge in [-0.1, -0.05) is 42.5 Å². The molecule has 19 heavy (non-hydrogen) atoms. The highest BCUT2D eigenvalue weighted by atomic mass is 32.2. The summed E-state index contributed by atoms with van der Waals surface area (Å²) in [6.07, 6.45) is 0.427. The van der Waals surface area contributed by atoms with E-state index in [-0.39, 0.29) is 6.10 Å². The van der Waals surface area contributed by atoms with Crippen molar-refractivity contribution in [3.8, 4) is 0 Å². The molecular formula is C17H20OS. The van der Waals surface area contributed by atoms with Crippen molar-refractivity contribution in [2.75, 3.05) is 5.75 Å². The number of rotatable bonds is 5. The third-order valence-corrected chi connectivity index (χ3v) is 4.56. The Labute approximate surface area is 119 Å². The number of benzene rings is 2. The molecule has 1 nitrogen and oxygen atoms in total. The third-order valence-electron chi connectivity index (χ3n) is 3.24. The molecule has 0 bridgehead atoms. The molecule has 0 radical (unpaired) electrons. The normalized spacial score (nSPS) is 12.4. The molecule has 0 amide bonds. The van der Waals surface area contributed by atoms with E-state index in [2.05, 4.69) is 38.1 Å². The molecule has 2 heteroatoms. The van der Waals surface area contributed by atoms with Crippen LogP contribution in [0.25, 0.3) is 0 Å². The molecule has 0 spiro atoms. The van der Waals surface area contributed by atoms with E-state index in [0.717, 1.165) is 12.2 Å². The summed E-state index contributed by atoms with van der Waals surface area (Å²) in [7, 11) is 0. The molecule has 0 aromatic heterocycles. The van der Waals surface area contributed by atoms with Crippen LogP contribution in [-0.4, -0.2) is 17.0 Å². The predicted molar refractivity (Wildman–Crippen MR) is 82.8 cm³/mol. The summed E-state index contributed by atoms with van der Waals surface area (Å²) >= 11 is 1.73. The van der Waals surface area contributed by atoms with Crippen molar-refractivity contribution < 1.29 is 5.11 Å². The van der Waals surface area contributed by atoms with Gasteiger partial charge in [0.15, 0.2) is 0 Å². The van der Waals surface area contributed by atoms with Crippen LogP contribution in [0.4, 0.5) is 0 Å². The van der Waals surface area contributed by atoms with Gasteiger partial charge in [0.25, 0.3) is 0 Å². The van der Waals surface area contributed by atoms with E-state index in [1.54, 1.807) is 11.8 Å². The van der Waals surface area contributed by atoms with Crippen LogP contribution in [0.1, 0.15) is 16.7 Å². The summed E-state index contributed by atoms with van der Waals surface area (Å²) in [5.74, 6) is 0.735. The highest BCUT2D eigenvalue weighted by Crippen LogP contribution is 2.23. The van der Waals surface area contributed by atoms with E-state index in [4.69, 9.17) is 0 Å². The predicted octanol–water partition coefficient (Wildman–Crippen LogP) is 4.00. The van der Waals surface area contributed by atoms with Gasteiger partial charge in [0, 0.05) is 10.6 Å². The minimum absolute atomic E-state index is 0.300. The maximum Gasteiger partial charge on any atom is 0.0674 e. The van der Waals surface area contributed by atoms with E-state index in [1.165, 1.54) is 21.6 Å². The van der Waals surface area contributed by atoms with Gasteiger partial charge in [-0.15, -0.1) is 11.8 Å². The fraction of sp³-hybridized carbons (Fsp3) is 0.294. The fourth-order valence-corrected chi connectivity index (χ4v) is 3.02. The van der Waals surface area contributed by atoms with Crippen LogP contribution in [0, 0.1) is 13.8 Å². The second-order valence-corrected chi connectivity index (χ2v) is 5.92. The number of hydrogen-bond donors (Lipinski definition) is 1. The maximum atomic E-state index is 10.2. The van der Waals surface area contributed by atoms with Crippen LogP contribution in [0.3, 0.4) is 0 Å². The third kappa shape index (κ3) is 4.12. The van der Waals surface area contributed by atoms with Gasteiger partial charge in [0.2, 0.25) is 0 Å². The van der Waals surface area contributed by atoms with E-state index < -0.39 is 0 Å². The fourth-order valence-electron chi connectivity index (χ4n) is 2.06. The van der Waals surface area contributed by atoms with Gasteiger partial charge >= 0.3 is 0 Å². The van der Waals surface area contributed by atoms with Gasteiger partial charge in [-0.05, 0) is 43.0 Å². The molecule has 1 unspecified atom stereocenters. The molecular weight excluding hydrogens is 252 g/mol. The summed E-state index contributed by atoms with van der Waals surface area (Å²) in [4.78, 5) is 1.26. The van der Waals surface area contributed by atoms with Crippen molar-refractivity contribution in [1.82, 2.24) is 0 Å². The number of hydrogen-bond acceptors (Lipinski definition) is 2. The van der Waals surface area contributed by atoms with Crippen LogP contribution in [-0.2, 0) is 6.42 Å². The van der Waals surface area contributed by atoms with Crippen molar-refractivity contribution >= 4 is 11.8 Å². The van der Waals surface area contributed by atoms with E-state index in [0.29, 0.717) is 0 Å². The molecule has 0 fully saturated rings. The zero-order valence-electron chi connectivity index (χ0n) is 11.5. The molecule has 2 aromatic carbocycles. The van der Waals surface area contributed by atoms with Gasteiger partial charge in [-0.25, -0.2) is 0 Å². The first-order chi connectivity index (χ1) is 9.16. The molecule has 1 atom stereocenters. The van der Waals surface area contributed by atoms with Crippen molar-refractivity contribution in [1.29, 1.82) is 0 Å². The SMILES string of the molecule is Cc1ccccc1CC(O)CSc1ccccc1C. The molecule has 2 aromatic rings. The van der Waals surface area contributed by atoms with E-state index in [9.17, 15) is 5.11 Å². The van der Waals surface area contributed by atoms with E-state index in [1.807, 2.05) is 24.3 Å². The van der Waals surface area contributed by atoms with Crippen LogP contribution in [0.5, 0.6) is 0 Å². The topological polar surface area (TPSA) is 20.2 Å². The molecule has 0 heterocycles. The Morgan fingerprint density at radius 3 is 2.26 bits per heavy atom. The monoisotopic (exact) mass is 272 g/mol. The minimum atomic E-state index is -0.300. The second-order valence-electron chi connectivity index (χ2n) is 4.86. The minimum Gasteiger partial charge on any atom is -0.392 e. The Balaban J connectivity index is 1.90. The van der Waals surface area contributed by atoms with Crippen LogP contribution in [0.2, 0.25) is 0 Å². The van der Waals surface area contributed by atoms with Crippen molar-refractivity contribution in [3.05, 3.63) is 65.2 Å². The Morgan fingerprint density at radius 2 is 1.58 bits per heavy atom. The summed E-state index contributed by atoms with van der Waals surface area (Å²) in [6, 6.07) is 16.6. The van der Waals surface area contributed by atoms with Crippen LogP contribution >= 0.6 is 11.8 Å². The lowest BCUT2D eigenvalue weighted by molar-refractivity contribution is 0.200. The lowest BCUT2D eigenvalue weighted by atomic mass is 10.0. The first kappa shape index (κ1) is 14.2. The molecule has 0 aliphatic carbocycles. The van der Waals surface area contributed by atoms with E-state index >= 15 is 0 Å². The molecule has 1 N–H and O–H groups in total. The highest BCUT2D eigenvalue weighted by molar-refractivity contribution is 7.99. The van der Waals surface area contributed by atoms with Crippen LogP contribution in [0.15, 0.2) is 53.4 Å². The summed E-state index contributed by atoms with van der Waals surface area (Å²) in [5, 5.41) is 10.2.